The van der Waals surface area contributed by atoms with Crippen LogP contribution in [-0.2, 0) is 6.54 Å². The SMILES string of the molecule is CN1CC2(CCCN(Cc3ccc(F)cc3F)C2)C1. The summed E-state index contributed by atoms with van der Waals surface area (Å²) in [6.45, 7) is 4.94. The van der Waals surface area contributed by atoms with Gasteiger partial charge in [0, 0.05) is 43.2 Å². The van der Waals surface area contributed by atoms with Gasteiger partial charge in [-0.05, 0) is 32.5 Å². The van der Waals surface area contributed by atoms with Crippen molar-refractivity contribution < 1.29 is 8.78 Å². The van der Waals surface area contributed by atoms with Crippen molar-refractivity contribution in [2.45, 2.75) is 19.4 Å². The van der Waals surface area contributed by atoms with E-state index in [1.165, 1.54) is 18.9 Å². The van der Waals surface area contributed by atoms with Gasteiger partial charge in [0.25, 0.3) is 0 Å². The summed E-state index contributed by atoms with van der Waals surface area (Å²) in [6, 6.07) is 3.89. The summed E-state index contributed by atoms with van der Waals surface area (Å²) in [7, 11) is 2.14. The molecule has 2 nitrogen and oxygen atoms in total. The number of halogens is 2. The first-order valence-electron chi connectivity index (χ1n) is 6.91. The smallest absolute Gasteiger partial charge is 0.130 e. The normalized spacial score (nSPS) is 23.5. The lowest BCUT2D eigenvalue weighted by Gasteiger charge is -2.53. The van der Waals surface area contributed by atoms with Crippen molar-refractivity contribution in [1.82, 2.24) is 9.80 Å². The molecule has 0 radical (unpaired) electrons. The Morgan fingerprint density at radius 3 is 2.68 bits per heavy atom. The summed E-state index contributed by atoms with van der Waals surface area (Å²) in [5, 5.41) is 0. The van der Waals surface area contributed by atoms with Crippen molar-refractivity contribution in [3.8, 4) is 0 Å². The molecule has 0 atom stereocenters. The quantitative estimate of drug-likeness (QED) is 0.811. The molecule has 3 rings (SSSR count). The minimum Gasteiger partial charge on any atom is -0.305 e. The summed E-state index contributed by atoms with van der Waals surface area (Å²) in [5.41, 5.74) is 1.02. The fourth-order valence-corrected chi connectivity index (χ4v) is 3.69. The van der Waals surface area contributed by atoms with Crippen molar-refractivity contribution in [2.75, 3.05) is 33.2 Å². The number of nitrogens with zero attached hydrogens (tertiary/aromatic N) is 2. The maximum Gasteiger partial charge on any atom is 0.130 e. The maximum atomic E-state index is 13.7. The Bertz CT molecular complexity index is 464. The highest BCUT2D eigenvalue weighted by Crippen LogP contribution is 2.38. The summed E-state index contributed by atoms with van der Waals surface area (Å²) in [4.78, 5) is 4.65. The Kier molecular flexibility index (Phi) is 3.31. The molecule has 0 saturated carbocycles. The molecule has 0 amide bonds. The van der Waals surface area contributed by atoms with Gasteiger partial charge < -0.3 is 4.90 Å². The molecular weight excluding hydrogens is 246 g/mol. The van der Waals surface area contributed by atoms with Gasteiger partial charge in [-0.3, -0.25) is 4.90 Å². The zero-order chi connectivity index (χ0) is 13.5. The summed E-state index contributed by atoms with van der Waals surface area (Å²) >= 11 is 0. The highest BCUT2D eigenvalue weighted by molar-refractivity contribution is 5.18. The van der Waals surface area contributed by atoms with Gasteiger partial charge in [-0.15, -0.1) is 0 Å². The number of hydrogen-bond donors (Lipinski definition) is 0. The number of likely N-dealkylation sites (tertiary alicyclic amines) is 2. The van der Waals surface area contributed by atoms with Crippen LogP contribution in [0.1, 0.15) is 18.4 Å². The standard InChI is InChI=1S/C15H20F2N2/c1-18-9-15(10-18)5-2-6-19(11-15)8-12-3-4-13(16)7-14(12)17/h3-4,7H,2,5-6,8-11H2,1H3. The predicted octanol–water partition coefficient (Wildman–Crippen LogP) is 2.49. The number of hydrogen-bond acceptors (Lipinski definition) is 2. The van der Waals surface area contributed by atoms with E-state index in [4.69, 9.17) is 0 Å². The summed E-state index contributed by atoms with van der Waals surface area (Å²) < 4.78 is 26.6. The highest BCUT2D eigenvalue weighted by atomic mass is 19.1. The zero-order valence-corrected chi connectivity index (χ0v) is 11.3. The molecular formula is C15H20F2N2. The lowest BCUT2D eigenvalue weighted by Crippen LogP contribution is -2.61. The van der Waals surface area contributed by atoms with Crippen LogP contribution in [0.3, 0.4) is 0 Å². The van der Waals surface area contributed by atoms with Crippen molar-refractivity contribution >= 4 is 0 Å². The average molecular weight is 266 g/mol. The van der Waals surface area contributed by atoms with Gasteiger partial charge in [0.2, 0.25) is 0 Å². The van der Waals surface area contributed by atoms with Crippen LogP contribution in [0, 0.1) is 17.0 Å². The molecule has 0 unspecified atom stereocenters. The van der Waals surface area contributed by atoms with Crippen LogP contribution in [0.25, 0.3) is 0 Å². The third-order valence-electron chi connectivity index (χ3n) is 4.36. The molecule has 0 bridgehead atoms. The lowest BCUT2D eigenvalue weighted by atomic mass is 9.73. The van der Waals surface area contributed by atoms with Crippen LogP contribution >= 0.6 is 0 Å². The van der Waals surface area contributed by atoms with Crippen LogP contribution in [0.15, 0.2) is 18.2 Å². The average Bonchev–Trinajstić information content (AvgIpc) is 2.32. The molecule has 1 aromatic carbocycles. The van der Waals surface area contributed by atoms with Gasteiger partial charge >= 0.3 is 0 Å². The number of piperidine rings is 1. The van der Waals surface area contributed by atoms with E-state index in [0.29, 0.717) is 17.5 Å². The molecule has 2 heterocycles. The van der Waals surface area contributed by atoms with Gasteiger partial charge in [0.15, 0.2) is 0 Å². The first-order chi connectivity index (χ1) is 9.06. The van der Waals surface area contributed by atoms with Crippen molar-refractivity contribution in [3.05, 3.63) is 35.4 Å². The van der Waals surface area contributed by atoms with E-state index in [2.05, 4.69) is 16.8 Å². The highest BCUT2D eigenvalue weighted by Gasteiger charge is 2.43. The largest absolute Gasteiger partial charge is 0.305 e. The predicted molar refractivity (Wildman–Crippen MR) is 70.8 cm³/mol. The van der Waals surface area contributed by atoms with Gasteiger partial charge in [-0.1, -0.05) is 6.07 Å². The van der Waals surface area contributed by atoms with E-state index >= 15 is 0 Å². The second-order valence-corrected chi connectivity index (χ2v) is 6.22. The molecule has 19 heavy (non-hydrogen) atoms. The van der Waals surface area contributed by atoms with E-state index < -0.39 is 11.6 Å². The summed E-state index contributed by atoms with van der Waals surface area (Å²) in [5.74, 6) is -0.928. The molecule has 0 aromatic heterocycles. The van der Waals surface area contributed by atoms with Crippen LogP contribution in [0.4, 0.5) is 8.78 Å². The molecule has 104 valence electrons. The van der Waals surface area contributed by atoms with E-state index in [-0.39, 0.29) is 0 Å². The lowest BCUT2D eigenvalue weighted by molar-refractivity contribution is -0.0425. The third kappa shape index (κ3) is 2.65. The second kappa shape index (κ2) is 4.84. The van der Waals surface area contributed by atoms with Gasteiger partial charge in [0.05, 0.1) is 0 Å². The Labute approximate surface area is 113 Å². The maximum absolute atomic E-state index is 13.7. The number of rotatable bonds is 2. The Hall–Kier alpha value is -1.00. The Morgan fingerprint density at radius 2 is 2.00 bits per heavy atom. The molecule has 2 saturated heterocycles. The second-order valence-electron chi connectivity index (χ2n) is 6.22. The number of benzene rings is 1. The molecule has 2 fully saturated rings. The Balaban J connectivity index is 1.66. The van der Waals surface area contributed by atoms with Crippen molar-refractivity contribution in [2.24, 2.45) is 5.41 Å². The first kappa shape index (κ1) is 13.0. The topological polar surface area (TPSA) is 6.48 Å². The fourth-order valence-electron chi connectivity index (χ4n) is 3.69. The summed E-state index contributed by atoms with van der Waals surface area (Å²) in [6.07, 6.45) is 2.45. The van der Waals surface area contributed by atoms with Crippen LogP contribution in [-0.4, -0.2) is 43.0 Å². The van der Waals surface area contributed by atoms with Crippen molar-refractivity contribution in [3.63, 3.8) is 0 Å². The van der Waals surface area contributed by atoms with Gasteiger partial charge in [-0.25, -0.2) is 8.78 Å². The third-order valence-corrected chi connectivity index (χ3v) is 4.36. The zero-order valence-electron chi connectivity index (χ0n) is 11.3. The van der Waals surface area contributed by atoms with Crippen LogP contribution in [0.5, 0.6) is 0 Å². The van der Waals surface area contributed by atoms with Crippen molar-refractivity contribution in [1.29, 1.82) is 0 Å². The molecule has 1 spiro atoms. The molecule has 4 heteroatoms. The molecule has 1 aromatic rings. The van der Waals surface area contributed by atoms with E-state index in [0.717, 1.165) is 32.2 Å². The molecule has 0 N–H and O–H groups in total. The van der Waals surface area contributed by atoms with E-state index in [9.17, 15) is 8.78 Å². The molecule has 0 aliphatic carbocycles. The van der Waals surface area contributed by atoms with E-state index in [1.807, 2.05) is 0 Å². The molecule has 2 aliphatic rings. The van der Waals surface area contributed by atoms with Crippen LogP contribution in [0.2, 0.25) is 0 Å². The minimum atomic E-state index is -0.503. The van der Waals surface area contributed by atoms with Gasteiger partial charge in [0.1, 0.15) is 11.6 Å². The Morgan fingerprint density at radius 1 is 1.21 bits per heavy atom. The molecule has 2 aliphatic heterocycles. The first-order valence-corrected chi connectivity index (χ1v) is 6.91. The minimum absolute atomic E-state index is 0.420. The fraction of sp³-hybridized carbons (Fsp3) is 0.600. The van der Waals surface area contributed by atoms with E-state index in [1.54, 1.807) is 6.07 Å². The van der Waals surface area contributed by atoms with Crippen LogP contribution < -0.4 is 0 Å². The van der Waals surface area contributed by atoms with Gasteiger partial charge in [-0.2, -0.15) is 0 Å². The monoisotopic (exact) mass is 266 g/mol.